The fraction of sp³-hybridized carbons (Fsp3) is 0.500. The second kappa shape index (κ2) is 5.56. The molecular formula is C16H23ClN2. The Bertz CT molecular complexity index is 486. The van der Waals surface area contributed by atoms with Crippen LogP contribution in [0.4, 0.5) is 5.69 Å². The maximum absolute atomic E-state index is 6.11. The van der Waals surface area contributed by atoms with E-state index in [1.165, 1.54) is 5.69 Å². The lowest BCUT2D eigenvalue weighted by Gasteiger charge is -2.34. The molecule has 1 aromatic rings. The summed E-state index contributed by atoms with van der Waals surface area (Å²) < 4.78 is 0. The molecule has 104 valence electrons. The van der Waals surface area contributed by atoms with E-state index in [2.05, 4.69) is 31.7 Å². The molecule has 0 saturated heterocycles. The highest BCUT2D eigenvalue weighted by molar-refractivity contribution is 6.30. The Morgan fingerprint density at radius 2 is 2.05 bits per heavy atom. The lowest BCUT2D eigenvalue weighted by atomic mass is 9.83. The third-order valence-corrected chi connectivity index (χ3v) is 4.02. The summed E-state index contributed by atoms with van der Waals surface area (Å²) >= 11 is 6.11. The lowest BCUT2D eigenvalue weighted by Crippen LogP contribution is -2.32. The summed E-state index contributed by atoms with van der Waals surface area (Å²) in [5.41, 5.74) is 9.98. The van der Waals surface area contributed by atoms with E-state index in [-0.39, 0.29) is 5.41 Å². The van der Waals surface area contributed by atoms with Crippen LogP contribution >= 0.6 is 11.6 Å². The summed E-state index contributed by atoms with van der Waals surface area (Å²) in [6.45, 7) is 9.37. The average molecular weight is 279 g/mol. The maximum Gasteiger partial charge on any atom is 0.0429 e. The molecule has 1 heterocycles. The van der Waals surface area contributed by atoms with E-state index >= 15 is 0 Å². The van der Waals surface area contributed by atoms with Gasteiger partial charge >= 0.3 is 0 Å². The predicted molar refractivity (Wildman–Crippen MR) is 83.7 cm³/mol. The molecule has 0 saturated carbocycles. The Hall–Kier alpha value is -0.990. The van der Waals surface area contributed by atoms with E-state index in [0.29, 0.717) is 6.54 Å². The van der Waals surface area contributed by atoms with Gasteiger partial charge in [-0.3, -0.25) is 0 Å². The van der Waals surface area contributed by atoms with Crippen molar-refractivity contribution in [1.29, 1.82) is 0 Å². The van der Waals surface area contributed by atoms with Gasteiger partial charge in [-0.2, -0.15) is 0 Å². The van der Waals surface area contributed by atoms with Crippen LogP contribution in [0.3, 0.4) is 0 Å². The molecule has 0 amide bonds. The minimum atomic E-state index is 0.275. The second-order valence-corrected chi connectivity index (χ2v) is 6.59. The van der Waals surface area contributed by atoms with Crippen molar-refractivity contribution in [2.24, 2.45) is 11.1 Å². The molecule has 19 heavy (non-hydrogen) atoms. The SMILES string of the molecule is CC(C)(C)C1=CCN(c2cc(Cl)ccc2CN)CC1. The lowest BCUT2D eigenvalue weighted by molar-refractivity contribution is 0.472. The Kier molecular flexibility index (Phi) is 4.22. The topological polar surface area (TPSA) is 29.3 Å². The largest absolute Gasteiger partial charge is 0.367 e. The van der Waals surface area contributed by atoms with Gasteiger partial charge < -0.3 is 10.6 Å². The van der Waals surface area contributed by atoms with Crippen molar-refractivity contribution < 1.29 is 0 Å². The normalized spacial score (nSPS) is 16.5. The van der Waals surface area contributed by atoms with Crippen molar-refractivity contribution in [3.05, 3.63) is 40.4 Å². The molecule has 0 aliphatic carbocycles. The molecule has 0 aromatic heterocycles. The smallest absolute Gasteiger partial charge is 0.0429 e. The summed E-state index contributed by atoms with van der Waals surface area (Å²) in [5, 5.41) is 0.776. The minimum Gasteiger partial charge on any atom is -0.367 e. The number of anilines is 1. The van der Waals surface area contributed by atoms with Crippen molar-refractivity contribution >= 4 is 17.3 Å². The number of benzene rings is 1. The van der Waals surface area contributed by atoms with Gasteiger partial charge in [-0.1, -0.05) is 50.1 Å². The first kappa shape index (κ1) is 14.4. The Labute approximate surface area is 121 Å². The van der Waals surface area contributed by atoms with Crippen LogP contribution in [0.5, 0.6) is 0 Å². The van der Waals surface area contributed by atoms with Gasteiger partial charge in [-0.25, -0.2) is 0 Å². The van der Waals surface area contributed by atoms with Crippen molar-refractivity contribution in [3.8, 4) is 0 Å². The van der Waals surface area contributed by atoms with Crippen LogP contribution in [-0.2, 0) is 6.54 Å². The molecule has 2 rings (SSSR count). The zero-order valence-corrected chi connectivity index (χ0v) is 12.8. The van der Waals surface area contributed by atoms with Gasteiger partial charge in [0.25, 0.3) is 0 Å². The monoisotopic (exact) mass is 278 g/mol. The number of halogens is 1. The van der Waals surface area contributed by atoms with Gasteiger partial charge in [-0.05, 0) is 29.5 Å². The Morgan fingerprint density at radius 3 is 2.58 bits per heavy atom. The van der Waals surface area contributed by atoms with Gasteiger partial charge in [0, 0.05) is 30.3 Å². The quantitative estimate of drug-likeness (QED) is 0.829. The third kappa shape index (κ3) is 3.31. The number of hydrogen-bond donors (Lipinski definition) is 1. The number of nitrogens with zero attached hydrogens (tertiary/aromatic N) is 1. The van der Waals surface area contributed by atoms with Crippen molar-refractivity contribution in [2.45, 2.75) is 33.7 Å². The van der Waals surface area contributed by atoms with E-state index < -0.39 is 0 Å². The van der Waals surface area contributed by atoms with E-state index in [0.717, 1.165) is 30.1 Å². The molecule has 0 atom stereocenters. The molecule has 1 aliphatic rings. The van der Waals surface area contributed by atoms with Crippen molar-refractivity contribution in [1.82, 2.24) is 0 Å². The summed E-state index contributed by atoms with van der Waals surface area (Å²) in [7, 11) is 0. The molecule has 1 aliphatic heterocycles. The van der Waals surface area contributed by atoms with Gasteiger partial charge in [0.1, 0.15) is 0 Å². The molecule has 0 bridgehead atoms. The number of rotatable bonds is 2. The van der Waals surface area contributed by atoms with Crippen molar-refractivity contribution in [3.63, 3.8) is 0 Å². The molecule has 2 nitrogen and oxygen atoms in total. The first-order valence-electron chi connectivity index (χ1n) is 6.85. The third-order valence-electron chi connectivity index (χ3n) is 3.78. The van der Waals surface area contributed by atoms with Crippen molar-refractivity contribution in [2.75, 3.05) is 18.0 Å². The fourth-order valence-electron chi connectivity index (χ4n) is 2.57. The summed E-state index contributed by atoms with van der Waals surface area (Å²) in [4.78, 5) is 2.36. The van der Waals surface area contributed by atoms with Crippen LogP contribution in [0.25, 0.3) is 0 Å². The number of nitrogens with two attached hydrogens (primary N) is 1. The van der Waals surface area contributed by atoms with E-state index in [1.807, 2.05) is 18.2 Å². The fourth-order valence-corrected chi connectivity index (χ4v) is 2.74. The van der Waals surface area contributed by atoms with Crippen LogP contribution < -0.4 is 10.6 Å². The highest BCUT2D eigenvalue weighted by Gasteiger charge is 2.22. The molecule has 3 heteroatoms. The first-order chi connectivity index (χ1) is 8.91. The van der Waals surface area contributed by atoms with E-state index in [9.17, 15) is 0 Å². The highest BCUT2D eigenvalue weighted by atomic mass is 35.5. The minimum absolute atomic E-state index is 0.275. The molecule has 0 radical (unpaired) electrons. The standard InChI is InChI=1S/C16H23ClN2/c1-16(2,3)13-6-8-19(9-7-13)15-10-14(17)5-4-12(15)11-18/h4-6,10H,7-9,11,18H2,1-3H3. The molecule has 0 unspecified atom stereocenters. The second-order valence-electron chi connectivity index (χ2n) is 6.15. The Balaban J connectivity index is 2.22. The van der Waals surface area contributed by atoms with Crippen LogP contribution in [0.2, 0.25) is 5.02 Å². The maximum atomic E-state index is 6.11. The number of hydrogen-bond acceptors (Lipinski definition) is 2. The van der Waals surface area contributed by atoms with Crippen LogP contribution in [0.15, 0.2) is 29.8 Å². The van der Waals surface area contributed by atoms with E-state index in [4.69, 9.17) is 17.3 Å². The Morgan fingerprint density at radius 1 is 1.32 bits per heavy atom. The summed E-state index contributed by atoms with van der Waals surface area (Å²) in [5.74, 6) is 0. The zero-order valence-electron chi connectivity index (χ0n) is 12.0. The highest BCUT2D eigenvalue weighted by Crippen LogP contribution is 2.33. The van der Waals surface area contributed by atoms with Gasteiger partial charge in [0.15, 0.2) is 0 Å². The van der Waals surface area contributed by atoms with Gasteiger partial charge in [0.2, 0.25) is 0 Å². The summed E-state index contributed by atoms with van der Waals surface area (Å²) in [6, 6.07) is 5.97. The average Bonchev–Trinajstić information content (AvgIpc) is 2.38. The predicted octanol–water partition coefficient (Wildman–Crippen LogP) is 3.98. The molecular weight excluding hydrogens is 256 g/mol. The van der Waals surface area contributed by atoms with Gasteiger partial charge in [0.05, 0.1) is 0 Å². The van der Waals surface area contributed by atoms with Crippen LogP contribution in [-0.4, -0.2) is 13.1 Å². The first-order valence-corrected chi connectivity index (χ1v) is 7.22. The van der Waals surface area contributed by atoms with Gasteiger partial charge in [-0.15, -0.1) is 0 Å². The molecule has 2 N–H and O–H groups in total. The van der Waals surface area contributed by atoms with Crippen LogP contribution in [0, 0.1) is 5.41 Å². The molecule has 0 spiro atoms. The zero-order chi connectivity index (χ0) is 14.0. The van der Waals surface area contributed by atoms with Crippen LogP contribution in [0.1, 0.15) is 32.8 Å². The van der Waals surface area contributed by atoms with E-state index in [1.54, 1.807) is 5.57 Å². The summed E-state index contributed by atoms with van der Waals surface area (Å²) in [6.07, 6.45) is 3.46. The molecule has 0 fully saturated rings. The molecule has 1 aromatic carbocycles.